The van der Waals surface area contributed by atoms with Gasteiger partial charge in [0, 0.05) is 12.1 Å². The molecule has 0 N–H and O–H groups in total. The molecule has 0 aliphatic carbocycles. The molecule has 1 aliphatic heterocycles. The van der Waals surface area contributed by atoms with Crippen LogP contribution in [0.1, 0.15) is 15.9 Å². The average Bonchev–Trinajstić information content (AvgIpc) is 2.73. The standard InChI is InChI=1S/C23H21NO3/c25-16-19-10-12-20(13-11-19)26-17-21-15-24(14-18-6-2-1-3-7-18)22-8-4-5-9-23(22)27-21/h1-13,16,21H,14-15,17H2. The summed E-state index contributed by atoms with van der Waals surface area (Å²) in [4.78, 5) is 13.1. The molecule has 1 atom stereocenters. The van der Waals surface area contributed by atoms with Crippen LogP contribution in [-0.2, 0) is 6.54 Å². The van der Waals surface area contributed by atoms with Crippen LogP contribution in [0.25, 0.3) is 0 Å². The molecule has 0 saturated carbocycles. The van der Waals surface area contributed by atoms with Crippen molar-refractivity contribution in [1.29, 1.82) is 0 Å². The van der Waals surface area contributed by atoms with Gasteiger partial charge in [-0.1, -0.05) is 42.5 Å². The van der Waals surface area contributed by atoms with E-state index in [-0.39, 0.29) is 6.10 Å². The first kappa shape index (κ1) is 17.2. The zero-order chi connectivity index (χ0) is 18.5. The summed E-state index contributed by atoms with van der Waals surface area (Å²) >= 11 is 0. The summed E-state index contributed by atoms with van der Waals surface area (Å²) < 4.78 is 12.0. The van der Waals surface area contributed by atoms with E-state index < -0.39 is 0 Å². The molecule has 0 spiro atoms. The Morgan fingerprint density at radius 2 is 1.70 bits per heavy atom. The second kappa shape index (κ2) is 7.96. The van der Waals surface area contributed by atoms with Crippen LogP contribution in [0.5, 0.6) is 11.5 Å². The van der Waals surface area contributed by atoms with Gasteiger partial charge in [-0.25, -0.2) is 0 Å². The maximum absolute atomic E-state index is 10.8. The van der Waals surface area contributed by atoms with Crippen LogP contribution in [-0.4, -0.2) is 25.5 Å². The molecule has 4 nitrogen and oxygen atoms in total. The largest absolute Gasteiger partial charge is 0.490 e. The van der Waals surface area contributed by atoms with Gasteiger partial charge in [0.1, 0.15) is 24.4 Å². The van der Waals surface area contributed by atoms with Gasteiger partial charge in [0.05, 0.1) is 12.2 Å². The highest BCUT2D eigenvalue weighted by Crippen LogP contribution is 2.34. The minimum atomic E-state index is -0.0747. The normalized spacial score (nSPS) is 15.6. The van der Waals surface area contributed by atoms with Crippen molar-refractivity contribution >= 4 is 12.0 Å². The number of hydrogen-bond acceptors (Lipinski definition) is 4. The van der Waals surface area contributed by atoms with E-state index in [0.29, 0.717) is 12.2 Å². The number of anilines is 1. The molecule has 1 aliphatic rings. The van der Waals surface area contributed by atoms with E-state index in [0.717, 1.165) is 36.6 Å². The minimum absolute atomic E-state index is 0.0747. The van der Waals surface area contributed by atoms with Gasteiger partial charge in [-0.3, -0.25) is 4.79 Å². The summed E-state index contributed by atoms with van der Waals surface area (Å²) in [5.74, 6) is 1.61. The smallest absolute Gasteiger partial charge is 0.150 e. The highest BCUT2D eigenvalue weighted by Gasteiger charge is 2.26. The molecule has 0 fully saturated rings. The van der Waals surface area contributed by atoms with Gasteiger partial charge in [-0.2, -0.15) is 0 Å². The van der Waals surface area contributed by atoms with Crippen molar-refractivity contribution in [2.24, 2.45) is 0 Å². The van der Waals surface area contributed by atoms with Crippen molar-refractivity contribution in [1.82, 2.24) is 0 Å². The van der Waals surface area contributed by atoms with Crippen LogP contribution < -0.4 is 14.4 Å². The SMILES string of the molecule is O=Cc1ccc(OCC2CN(Cc3ccccc3)c3ccccc3O2)cc1. The summed E-state index contributed by atoms with van der Waals surface area (Å²) in [5.41, 5.74) is 3.01. The Hall–Kier alpha value is -3.27. The zero-order valence-corrected chi connectivity index (χ0v) is 15.0. The topological polar surface area (TPSA) is 38.8 Å². The second-order valence-corrected chi connectivity index (χ2v) is 6.57. The third-order valence-corrected chi connectivity index (χ3v) is 4.59. The monoisotopic (exact) mass is 359 g/mol. The van der Waals surface area contributed by atoms with Crippen LogP contribution in [0.3, 0.4) is 0 Å². The first-order chi connectivity index (χ1) is 13.3. The van der Waals surface area contributed by atoms with Crippen LogP contribution >= 0.6 is 0 Å². The molecular formula is C23H21NO3. The Labute approximate surface area is 159 Å². The average molecular weight is 359 g/mol. The number of ether oxygens (including phenoxy) is 2. The van der Waals surface area contributed by atoms with Gasteiger partial charge < -0.3 is 14.4 Å². The van der Waals surface area contributed by atoms with Gasteiger partial charge in [0.15, 0.2) is 6.10 Å². The highest BCUT2D eigenvalue weighted by atomic mass is 16.5. The van der Waals surface area contributed by atoms with Gasteiger partial charge >= 0.3 is 0 Å². The number of carbonyl (C=O) groups excluding carboxylic acids is 1. The quantitative estimate of drug-likeness (QED) is 0.614. The van der Waals surface area contributed by atoms with Crippen molar-refractivity contribution in [2.75, 3.05) is 18.1 Å². The van der Waals surface area contributed by atoms with E-state index >= 15 is 0 Å². The minimum Gasteiger partial charge on any atom is -0.490 e. The lowest BCUT2D eigenvalue weighted by Crippen LogP contribution is -2.42. The number of nitrogens with zero attached hydrogens (tertiary/aromatic N) is 1. The number of fused-ring (bicyclic) bond motifs is 1. The molecule has 136 valence electrons. The molecule has 1 heterocycles. The third-order valence-electron chi connectivity index (χ3n) is 4.59. The van der Waals surface area contributed by atoms with Gasteiger partial charge in [-0.15, -0.1) is 0 Å². The molecule has 0 bridgehead atoms. The summed E-state index contributed by atoms with van der Waals surface area (Å²) in [7, 11) is 0. The first-order valence-corrected chi connectivity index (χ1v) is 9.04. The van der Waals surface area contributed by atoms with Crippen molar-refractivity contribution in [3.63, 3.8) is 0 Å². The molecule has 1 unspecified atom stereocenters. The van der Waals surface area contributed by atoms with E-state index in [1.54, 1.807) is 12.1 Å². The van der Waals surface area contributed by atoms with E-state index in [9.17, 15) is 4.79 Å². The molecule has 4 heteroatoms. The Kier molecular flexibility index (Phi) is 5.06. The number of para-hydroxylation sites is 2. The lowest BCUT2D eigenvalue weighted by Gasteiger charge is -2.36. The second-order valence-electron chi connectivity index (χ2n) is 6.57. The molecule has 0 radical (unpaired) electrons. The Balaban J connectivity index is 1.47. The van der Waals surface area contributed by atoms with E-state index in [1.165, 1.54) is 5.56 Å². The van der Waals surface area contributed by atoms with E-state index in [4.69, 9.17) is 9.47 Å². The fraction of sp³-hybridized carbons (Fsp3) is 0.174. The van der Waals surface area contributed by atoms with Crippen molar-refractivity contribution in [3.05, 3.63) is 90.0 Å². The maximum Gasteiger partial charge on any atom is 0.150 e. The zero-order valence-electron chi connectivity index (χ0n) is 15.0. The fourth-order valence-corrected chi connectivity index (χ4v) is 3.25. The van der Waals surface area contributed by atoms with E-state index in [2.05, 4.69) is 35.2 Å². The summed E-state index contributed by atoms with van der Waals surface area (Å²) in [6, 6.07) is 25.7. The van der Waals surface area contributed by atoms with Crippen molar-refractivity contribution in [2.45, 2.75) is 12.6 Å². The molecule has 3 aromatic carbocycles. The molecule has 0 saturated heterocycles. The molecule has 4 rings (SSSR count). The molecule has 27 heavy (non-hydrogen) atoms. The highest BCUT2D eigenvalue weighted by molar-refractivity contribution is 5.74. The van der Waals surface area contributed by atoms with Gasteiger partial charge in [0.2, 0.25) is 0 Å². The number of benzene rings is 3. The number of carbonyl (C=O) groups is 1. The lowest BCUT2D eigenvalue weighted by molar-refractivity contribution is 0.112. The molecule has 0 amide bonds. The Morgan fingerprint density at radius 1 is 0.963 bits per heavy atom. The molecule has 0 aromatic heterocycles. The maximum atomic E-state index is 10.8. The van der Waals surface area contributed by atoms with Crippen molar-refractivity contribution in [3.8, 4) is 11.5 Å². The van der Waals surface area contributed by atoms with E-state index in [1.807, 2.05) is 36.4 Å². The fourth-order valence-electron chi connectivity index (χ4n) is 3.25. The van der Waals surface area contributed by atoms with Crippen molar-refractivity contribution < 1.29 is 14.3 Å². The lowest BCUT2D eigenvalue weighted by atomic mass is 10.1. The van der Waals surface area contributed by atoms with Crippen LogP contribution in [0.2, 0.25) is 0 Å². The van der Waals surface area contributed by atoms with Gasteiger partial charge in [0.25, 0.3) is 0 Å². The van der Waals surface area contributed by atoms with Crippen LogP contribution in [0.4, 0.5) is 5.69 Å². The number of hydrogen-bond donors (Lipinski definition) is 0. The number of rotatable bonds is 6. The predicted molar refractivity (Wildman–Crippen MR) is 106 cm³/mol. The summed E-state index contributed by atoms with van der Waals surface area (Å²) in [5, 5.41) is 0. The summed E-state index contributed by atoms with van der Waals surface area (Å²) in [6.07, 6.45) is 0.751. The first-order valence-electron chi connectivity index (χ1n) is 9.04. The predicted octanol–water partition coefficient (Wildman–Crippen LogP) is 4.35. The Morgan fingerprint density at radius 3 is 2.48 bits per heavy atom. The summed E-state index contributed by atoms with van der Waals surface area (Å²) in [6.45, 7) is 2.02. The number of aldehydes is 1. The molecular weight excluding hydrogens is 338 g/mol. The third kappa shape index (κ3) is 4.11. The molecule has 3 aromatic rings. The van der Waals surface area contributed by atoms with Crippen LogP contribution in [0.15, 0.2) is 78.9 Å². The van der Waals surface area contributed by atoms with Gasteiger partial charge in [-0.05, 0) is 42.0 Å². The van der Waals surface area contributed by atoms with Crippen LogP contribution in [0, 0.1) is 0 Å². The Bertz CT molecular complexity index is 893.